The number of nitrogens with one attached hydrogen (secondary N) is 3. The molecule has 0 aliphatic carbocycles. The van der Waals surface area contributed by atoms with Gasteiger partial charge in [-0.2, -0.15) is 5.10 Å². The fraction of sp³-hybridized carbons (Fsp3) is 0.294. The number of rotatable bonds is 5. The van der Waals surface area contributed by atoms with Crippen LogP contribution in [0.15, 0.2) is 47.5 Å². The highest BCUT2D eigenvalue weighted by molar-refractivity contribution is 5.82. The van der Waals surface area contributed by atoms with E-state index in [1.54, 1.807) is 17.2 Å². The second kappa shape index (κ2) is 7.06. The molecule has 1 aliphatic heterocycles. The largest absolute Gasteiger partial charge is 0.465 e. The van der Waals surface area contributed by atoms with Crippen LogP contribution in [0.2, 0.25) is 0 Å². The highest BCUT2D eigenvalue weighted by Crippen LogP contribution is 2.24. The summed E-state index contributed by atoms with van der Waals surface area (Å²) in [6.07, 6.45) is 5.32. The van der Waals surface area contributed by atoms with E-state index in [1.165, 1.54) is 6.33 Å². The van der Waals surface area contributed by atoms with Gasteiger partial charge in [0, 0.05) is 18.3 Å². The van der Waals surface area contributed by atoms with Gasteiger partial charge in [0.1, 0.15) is 30.2 Å². The smallest absolute Gasteiger partial charge is 0.238 e. The normalized spacial score (nSPS) is 19.6. The van der Waals surface area contributed by atoms with Gasteiger partial charge in [0.25, 0.3) is 0 Å². The molecule has 3 aromatic rings. The van der Waals surface area contributed by atoms with Gasteiger partial charge in [0.2, 0.25) is 5.91 Å². The number of carbonyl (C=O) groups excluding carboxylic acids is 1. The number of furan rings is 1. The topological polar surface area (TPSA) is 110 Å². The maximum atomic E-state index is 12.5. The maximum Gasteiger partial charge on any atom is 0.238 e. The van der Waals surface area contributed by atoms with E-state index in [9.17, 15) is 4.79 Å². The highest BCUT2D eigenvalue weighted by Gasteiger charge is 2.31. The van der Waals surface area contributed by atoms with Crippen molar-refractivity contribution in [1.82, 2.24) is 35.9 Å². The number of aryl methyl sites for hydroxylation is 1. The van der Waals surface area contributed by atoms with Crippen LogP contribution in [-0.4, -0.2) is 31.7 Å². The molecule has 1 aliphatic rings. The number of hydrazine groups is 1. The van der Waals surface area contributed by atoms with Crippen LogP contribution in [0.1, 0.15) is 29.5 Å². The Hall–Kier alpha value is -3.04. The van der Waals surface area contributed by atoms with Crippen molar-refractivity contribution in [1.29, 1.82) is 0 Å². The van der Waals surface area contributed by atoms with Crippen LogP contribution in [0.3, 0.4) is 0 Å². The third kappa shape index (κ3) is 3.35. The molecule has 4 rings (SSSR count). The lowest BCUT2D eigenvalue weighted by Gasteiger charge is -2.12. The first-order valence-corrected chi connectivity index (χ1v) is 8.34. The Morgan fingerprint density at radius 2 is 2.31 bits per heavy atom. The van der Waals surface area contributed by atoms with Crippen molar-refractivity contribution >= 4 is 5.91 Å². The quantitative estimate of drug-likeness (QED) is 0.622. The van der Waals surface area contributed by atoms with Gasteiger partial charge in [-0.3, -0.25) is 4.79 Å². The Bertz CT molecular complexity index is 890. The predicted molar refractivity (Wildman–Crippen MR) is 91.9 cm³/mol. The number of hydrogen-bond acceptors (Lipinski definition) is 7. The second-order valence-corrected chi connectivity index (χ2v) is 6.12. The molecule has 2 unspecified atom stereocenters. The molecule has 134 valence electrons. The predicted octanol–water partition coefficient (Wildman–Crippen LogP) is 0.788. The number of carbonyl (C=O) groups is 1. The fourth-order valence-corrected chi connectivity index (χ4v) is 2.95. The van der Waals surface area contributed by atoms with E-state index in [4.69, 9.17) is 4.42 Å². The SMILES string of the molecule is Cc1ccc(C2CC(C(=O)NCc3cccnc3-n3cncn3)NN2)o1. The molecule has 0 bridgehead atoms. The fourth-order valence-electron chi connectivity index (χ4n) is 2.95. The van der Waals surface area contributed by atoms with E-state index in [0.29, 0.717) is 18.8 Å². The number of amides is 1. The Balaban J connectivity index is 1.38. The van der Waals surface area contributed by atoms with Crippen molar-refractivity contribution in [2.75, 3.05) is 0 Å². The van der Waals surface area contributed by atoms with E-state index < -0.39 is 0 Å². The Morgan fingerprint density at radius 1 is 1.38 bits per heavy atom. The van der Waals surface area contributed by atoms with Gasteiger partial charge in [-0.15, -0.1) is 0 Å². The second-order valence-electron chi connectivity index (χ2n) is 6.12. The molecule has 9 heteroatoms. The summed E-state index contributed by atoms with van der Waals surface area (Å²) >= 11 is 0. The summed E-state index contributed by atoms with van der Waals surface area (Å²) in [7, 11) is 0. The first-order chi connectivity index (χ1) is 12.7. The van der Waals surface area contributed by atoms with E-state index in [2.05, 4.69) is 31.2 Å². The summed E-state index contributed by atoms with van der Waals surface area (Å²) in [5.41, 5.74) is 6.99. The van der Waals surface area contributed by atoms with E-state index in [1.807, 2.05) is 31.2 Å². The summed E-state index contributed by atoms with van der Waals surface area (Å²) in [6.45, 7) is 2.25. The molecule has 1 amide bonds. The van der Waals surface area contributed by atoms with Crippen LogP contribution in [0, 0.1) is 6.92 Å². The summed E-state index contributed by atoms with van der Waals surface area (Å²) in [5.74, 6) is 2.24. The molecule has 9 nitrogen and oxygen atoms in total. The van der Waals surface area contributed by atoms with Crippen molar-refractivity contribution < 1.29 is 9.21 Å². The molecule has 3 N–H and O–H groups in total. The molecule has 26 heavy (non-hydrogen) atoms. The van der Waals surface area contributed by atoms with Crippen molar-refractivity contribution in [3.8, 4) is 5.82 Å². The molecule has 1 saturated heterocycles. The number of hydrogen-bond donors (Lipinski definition) is 3. The number of nitrogens with zero attached hydrogens (tertiary/aromatic N) is 4. The summed E-state index contributed by atoms with van der Waals surface area (Å²) < 4.78 is 7.20. The average Bonchev–Trinajstić information content (AvgIpc) is 3.40. The van der Waals surface area contributed by atoms with Crippen LogP contribution >= 0.6 is 0 Å². The van der Waals surface area contributed by atoms with Gasteiger partial charge in [-0.1, -0.05) is 6.07 Å². The minimum absolute atomic E-state index is 0.0245. The first-order valence-electron chi connectivity index (χ1n) is 8.34. The van der Waals surface area contributed by atoms with Crippen molar-refractivity contribution in [3.05, 3.63) is 60.2 Å². The van der Waals surface area contributed by atoms with Gasteiger partial charge < -0.3 is 9.73 Å². The third-order valence-electron chi connectivity index (χ3n) is 4.28. The van der Waals surface area contributed by atoms with Gasteiger partial charge in [-0.05, 0) is 31.5 Å². The van der Waals surface area contributed by atoms with E-state index >= 15 is 0 Å². The third-order valence-corrected chi connectivity index (χ3v) is 4.28. The Kier molecular flexibility index (Phi) is 4.46. The zero-order chi connectivity index (χ0) is 17.9. The van der Waals surface area contributed by atoms with Gasteiger partial charge in [-0.25, -0.2) is 25.5 Å². The monoisotopic (exact) mass is 353 g/mol. The van der Waals surface area contributed by atoms with Crippen LogP contribution < -0.4 is 16.2 Å². The Morgan fingerprint density at radius 3 is 3.08 bits per heavy atom. The number of pyridine rings is 1. The molecule has 3 aromatic heterocycles. The summed E-state index contributed by atoms with van der Waals surface area (Å²) in [6, 6.07) is 7.21. The minimum atomic E-state index is -0.336. The summed E-state index contributed by atoms with van der Waals surface area (Å²) in [4.78, 5) is 20.8. The summed E-state index contributed by atoms with van der Waals surface area (Å²) in [5, 5.41) is 7.04. The lowest BCUT2D eigenvalue weighted by atomic mass is 10.1. The highest BCUT2D eigenvalue weighted by atomic mass is 16.3. The van der Waals surface area contributed by atoms with Crippen molar-refractivity contribution in [2.24, 2.45) is 0 Å². The molecule has 0 aromatic carbocycles. The zero-order valence-corrected chi connectivity index (χ0v) is 14.2. The van der Waals surface area contributed by atoms with E-state index in [-0.39, 0.29) is 18.0 Å². The standard InChI is InChI=1S/C17H19N7O2/c1-11-4-5-15(26-11)13-7-14(23-22-13)17(25)20-8-12-3-2-6-19-16(12)24-10-18-9-21-24/h2-6,9-10,13-14,22-23H,7-8H2,1H3,(H,20,25). The van der Waals surface area contributed by atoms with Crippen LogP contribution in [-0.2, 0) is 11.3 Å². The number of aromatic nitrogens is 4. The van der Waals surface area contributed by atoms with Gasteiger partial charge in [0.05, 0.1) is 6.04 Å². The molecule has 0 radical (unpaired) electrons. The molecular weight excluding hydrogens is 334 g/mol. The Labute approximate surface area is 149 Å². The van der Waals surface area contributed by atoms with Gasteiger partial charge in [0.15, 0.2) is 5.82 Å². The zero-order valence-electron chi connectivity index (χ0n) is 14.2. The van der Waals surface area contributed by atoms with Crippen molar-refractivity contribution in [3.63, 3.8) is 0 Å². The average molecular weight is 353 g/mol. The minimum Gasteiger partial charge on any atom is -0.465 e. The molecule has 4 heterocycles. The molecule has 0 saturated carbocycles. The van der Waals surface area contributed by atoms with Crippen LogP contribution in [0.5, 0.6) is 0 Å². The van der Waals surface area contributed by atoms with Crippen LogP contribution in [0.25, 0.3) is 5.82 Å². The van der Waals surface area contributed by atoms with Crippen LogP contribution in [0.4, 0.5) is 0 Å². The lowest BCUT2D eigenvalue weighted by Crippen LogP contribution is -2.43. The van der Waals surface area contributed by atoms with Crippen molar-refractivity contribution in [2.45, 2.75) is 32.0 Å². The van der Waals surface area contributed by atoms with Gasteiger partial charge >= 0.3 is 0 Å². The maximum absolute atomic E-state index is 12.5. The molecule has 1 fully saturated rings. The molecule has 2 atom stereocenters. The molecule has 0 spiro atoms. The van der Waals surface area contributed by atoms with E-state index in [0.717, 1.165) is 17.1 Å². The molecular formula is C17H19N7O2. The first kappa shape index (κ1) is 16.4. The lowest BCUT2D eigenvalue weighted by molar-refractivity contribution is -0.123.